The number of carbonyl (C=O) groups excluding carboxylic acids is 2. The van der Waals surface area contributed by atoms with E-state index in [-0.39, 0.29) is 23.9 Å². The van der Waals surface area contributed by atoms with E-state index in [1.165, 1.54) is 0 Å². The lowest BCUT2D eigenvalue weighted by molar-refractivity contribution is -0.129. The number of nitrogens with zero attached hydrogens (tertiary/aromatic N) is 1. The van der Waals surface area contributed by atoms with Gasteiger partial charge in [-0.15, -0.1) is 0 Å². The first-order valence-corrected chi connectivity index (χ1v) is 8.51. The summed E-state index contributed by atoms with van der Waals surface area (Å²) in [5.74, 6) is 0.227. The zero-order valence-corrected chi connectivity index (χ0v) is 15.2. The molecular weight excluding hydrogens is 304 g/mol. The molecule has 0 aromatic heterocycles. The number of likely N-dealkylation sites (tertiary alicyclic amines) is 1. The van der Waals surface area contributed by atoms with Crippen LogP contribution in [0.15, 0.2) is 30.3 Å². The van der Waals surface area contributed by atoms with Gasteiger partial charge in [-0.1, -0.05) is 30.3 Å². The van der Waals surface area contributed by atoms with Gasteiger partial charge < -0.3 is 15.0 Å². The summed E-state index contributed by atoms with van der Waals surface area (Å²) in [5, 5.41) is 2.86. The second-order valence-electron chi connectivity index (χ2n) is 7.53. The molecule has 0 saturated carbocycles. The summed E-state index contributed by atoms with van der Waals surface area (Å²) in [5.41, 5.74) is 0.600. The van der Waals surface area contributed by atoms with Gasteiger partial charge in [0.05, 0.1) is 6.04 Å². The maximum atomic E-state index is 12.4. The lowest BCUT2D eigenvalue weighted by atomic mass is 10.0. The number of ether oxygens (including phenoxy) is 1. The third-order valence-electron chi connectivity index (χ3n) is 4.39. The van der Waals surface area contributed by atoms with E-state index in [2.05, 4.69) is 5.32 Å². The fraction of sp³-hybridized carbons (Fsp3) is 0.579. The minimum Gasteiger partial charge on any atom is -0.444 e. The molecule has 0 bridgehead atoms. The second-order valence-corrected chi connectivity index (χ2v) is 7.53. The fourth-order valence-electron chi connectivity index (χ4n) is 2.99. The maximum absolute atomic E-state index is 12.4. The van der Waals surface area contributed by atoms with Crippen molar-refractivity contribution in [2.75, 3.05) is 6.54 Å². The highest BCUT2D eigenvalue weighted by molar-refractivity contribution is 5.79. The molecule has 1 aromatic carbocycles. The van der Waals surface area contributed by atoms with Crippen molar-refractivity contribution in [2.24, 2.45) is 5.92 Å². The van der Waals surface area contributed by atoms with Gasteiger partial charge in [-0.3, -0.25) is 4.79 Å². The molecule has 1 aromatic rings. The number of carbonyl (C=O) groups is 2. The normalized spacial score (nSPS) is 20.6. The van der Waals surface area contributed by atoms with E-state index in [9.17, 15) is 9.59 Å². The summed E-state index contributed by atoms with van der Waals surface area (Å²) in [6.07, 6.45) is 0.0192. The van der Waals surface area contributed by atoms with E-state index in [1.807, 2.05) is 69.9 Å². The van der Waals surface area contributed by atoms with Gasteiger partial charge in [0.25, 0.3) is 0 Å². The van der Waals surface area contributed by atoms with E-state index >= 15 is 0 Å². The van der Waals surface area contributed by atoms with Crippen molar-refractivity contribution in [1.82, 2.24) is 10.2 Å². The van der Waals surface area contributed by atoms with Gasteiger partial charge in [0.2, 0.25) is 5.91 Å². The van der Waals surface area contributed by atoms with Crippen LogP contribution in [0.3, 0.4) is 0 Å². The standard InChI is InChI=1S/C19H28N2O3/c1-13(20-18(23)24-19(3,4)5)16-11-17(22)21(12-16)14(2)15-9-7-6-8-10-15/h6-10,13-14,16H,11-12H2,1-5H3,(H,20,23)/t13?,14-,16?/m0/s1. The molecule has 1 fully saturated rings. The van der Waals surface area contributed by atoms with Crippen molar-refractivity contribution in [1.29, 1.82) is 0 Å². The third kappa shape index (κ3) is 4.73. The molecule has 0 spiro atoms. The fourth-order valence-corrected chi connectivity index (χ4v) is 2.99. The van der Waals surface area contributed by atoms with Crippen molar-refractivity contribution in [2.45, 2.75) is 58.7 Å². The van der Waals surface area contributed by atoms with E-state index in [1.54, 1.807) is 0 Å². The minimum absolute atomic E-state index is 0.0393. The van der Waals surface area contributed by atoms with Crippen molar-refractivity contribution in [3.05, 3.63) is 35.9 Å². The predicted octanol–water partition coefficient (Wildman–Crippen LogP) is 3.51. The Hall–Kier alpha value is -2.04. The number of amides is 2. The first-order valence-electron chi connectivity index (χ1n) is 8.51. The molecule has 3 atom stereocenters. The SMILES string of the molecule is CC(NC(=O)OC(C)(C)C)C1CC(=O)N([C@@H](C)c2ccccc2)C1. The number of hydrogen-bond acceptors (Lipinski definition) is 3. The van der Waals surface area contributed by atoms with Gasteiger partial charge in [0.1, 0.15) is 5.60 Å². The van der Waals surface area contributed by atoms with Crippen LogP contribution in [0, 0.1) is 5.92 Å². The highest BCUT2D eigenvalue weighted by Gasteiger charge is 2.36. The molecule has 0 aliphatic carbocycles. The lowest BCUT2D eigenvalue weighted by Crippen LogP contribution is -2.42. The molecular formula is C19H28N2O3. The molecule has 24 heavy (non-hydrogen) atoms. The van der Waals surface area contributed by atoms with Crippen molar-refractivity contribution in [3.63, 3.8) is 0 Å². The van der Waals surface area contributed by atoms with E-state index in [0.717, 1.165) is 5.56 Å². The zero-order valence-electron chi connectivity index (χ0n) is 15.2. The molecule has 132 valence electrons. The summed E-state index contributed by atoms with van der Waals surface area (Å²) in [6, 6.07) is 9.93. The van der Waals surface area contributed by atoms with Crippen LogP contribution in [0.5, 0.6) is 0 Å². The number of alkyl carbamates (subject to hydrolysis) is 1. The Morgan fingerprint density at radius 3 is 2.46 bits per heavy atom. The van der Waals surface area contributed by atoms with Gasteiger partial charge in [-0.2, -0.15) is 0 Å². The number of hydrogen-bond donors (Lipinski definition) is 1. The Bertz CT molecular complexity index is 580. The van der Waals surface area contributed by atoms with Gasteiger partial charge in [-0.05, 0) is 40.2 Å². The maximum Gasteiger partial charge on any atom is 0.407 e. The Morgan fingerprint density at radius 2 is 1.88 bits per heavy atom. The van der Waals surface area contributed by atoms with Crippen LogP contribution in [0.2, 0.25) is 0 Å². The van der Waals surface area contributed by atoms with Crippen molar-refractivity contribution < 1.29 is 14.3 Å². The Morgan fingerprint density at radius 1 is 1.25 bits per heavy atom. The summed E-state index contributed by atoms with van der Waals surface area (Å²) >= 11 is 0. The summed E-state index contributed by atoms with van der Waals surface area (Å²) in [7, 11) is 0. The van der Waals surface area contributed by atoms with Crippen LogP contribution >= 0.6 is 0 Å². The molecule has 1 heterocycles. The highest BCUT2D eigenvalue weighted by Crippen LogP contribution is 2.30. The topological polar surface area (TPSA) is 58.6 Å². The third-order valence-corrected chi connectivity index (χ3v) is 4.39. The van der Waals surface area contributed by atoms with Crippen molar-refractivity contribution in [3.8, 4) is 0 Å². The predicted molar refractivity (Wildman–Crippen MR) is 93.5 cm³/mol. The van der Waals surface area contributed by atoms with E-state index in [4.69, 9.17) is 4.74 Å². The average Bonchev–Trinajstić information content (AvgIpc) is 2.87. The lowest BCUT2D eigenvalue weighted by Gasteiger charge is -2.27. The van der Waals surface area contributed by atoms with Crippen LogP contribution in [0.25, 0.3) is 0 Å². The number of nitrogens with one attached hydrogen (secondary N) is 1. The average molecular weight is 332 g/mol. The molecule has 0 radical (unpaired) electrons. The van der Waals surface area contributed by atoms with Crippen LogP contribution < -0.4 is 5.32 Å². The molecule has 5 heteroatoms. The van der Waals surface area contributed by atoms with Gasteiger partial charge >= 0.3 is 6.09 Å². The molecule has 1 aliphatic rings. The summed E-state index contributed by atoms with van der Waals surface area (Å²) < 4.78 is 5.29. The number of benzene rings is 1. The molecule has 2 amide bonds. The van der Waals surface area contributed by atoms with Crippen LogP contribution in [0.4, 0.5) is 4.79 Å². The van der Waals surface area contributed by atoms with Crippen LogP contribution in [0.1, 0.15) is 52.6 Å². The number of rotatable bonds is 4. The van der Waals surface area contributed by atoms with E-state index in [0.29, 0.717) is 13.0 Å². The Balaban J connectivity index is 1.95. The largest absolute Gasteiger partial charge is 0.444 e. The second kappa shape index (κ2) is 7.24. The summed E-state index contributed by atoms with van der Waals surface area (Å²) in [6.45, 7) is 10.1. The minimum atomic E-state index is -0.525. The Labute approximate surface area is 144 Å². The molecule has 2 rings (SSSR count). The van der Waals surface area contributed by atoms with Crippen LogP contribution in [-0.4, -0.2) is 35.1 Å². The molecule has 1 aliphatic heterocycles. The van der Waals surface area contributed by atoms with Gasteiger partial charge in [0, 0.05) is 24.9 Å². The molecule has 1 N–H and O–H groups in total. The molecule has 2 unspecified atom stereocenters. The monoisotopic (exact) mass is 332 g/mol. The first kappa shape index (κ1) is 18.3. The van der Waals surface area contributed by atoms with Gasteiger partial charge in [0.15, 0.2) is 0 Å². The molecule has 5 nitrogen and oxygen atoms in total. The van der Waals surface area contributed by atoms with Crippen LogP contribution in [-0.2, 0) is 9.53 Å². The van der Waals surface area contributed by atoms with Gasteiger partial charge in [-0.25, -0.2) is 4.79 Å². The summed E-state index contributed by atoms with van der Waals surface area (Å²) in [4.78, 5) is 26.2. The van der Waals surface area contributed by atoms with E-state index < -0.39 is 11.7 Å². The first-order chi connectivity index (χ1) is 11.2. The Kier molecular flexibility index (Phi) is 5.52. The van der Waals surface area contributed by atoms with Crippen molar-refractivity contribution >= 4 is 12.0 Å². The highest BCUT2D eigenvalue weighted by atomic mass is 16.6. The molecule has 1 saturated heterocycles. The quantitative estimate of drug-likeness (QED) is 0.918. The smallest absolute Gasteiger partial charge is 0.407 e. The zero-order chi connectivity index (χ0) is 17.9.